The highest BCUT2D eigenvalue weighted by molar-refractivity contribution is 5.84. The highest BCUT2D eigenvalue weighted by Gasteiger charge is 2.24. The van der Waals surface area contributed by atoms with Crippen LogP contribution in [0.5, 0.6) is 0 Å². The lowest BCUT2D eigenvalue weighted by atomic mass is 9.84. The summed E-state index contributed by atoms with van der Waals surface area (Å²) < 4.78 is 13.5. The lowest BCUT2D eigenvalue weighted by Crippen LogP contribution is -2.36. The van der Waals surface area contributed by atoms with Crippen molar-refractivity contribution in [3.63, 3.8) is 0 Å². The smallest absolute Gasteiger partial charge is 0.220 e. The van der Waals surface area contributed by atoms with Gasteiger partial charge >= 0.3 is 0 Å². The van der Waals surface area contributed by atoms with Crippen LogP contribution in [0, 0.1) is 5.82 Å². The number of amides is 1. The Kier molecular flexibility index (Phi) is 4.66. The predicted octanol–water partition coefficient (Wildman–Crippen LogP) is 3.89. The molecule has 0 radical (unpaired) electrons. The third-order valence-electron chi connectivity index (χ3n) is 3.86. The van der Waals surface area contributed by atoms with Crippen LogP contribution in [0.15, 0.2) is 24.4 Å². The first kappa shape index (κ1) is 15.5. The van der Waals surface area contributed by atoms with E-state index < -0.39 is 0 Å². The molecule has 0 fully saturated rings. The number of unbranched alkanes of at least 4 members (excludes halogenated alkanes) is 1. The molecule has 0 unspecified atom stereocenters. The van der Waals surface area contributed by atoms with E-state index in [0.717, 1.165) is 29.3 Å². The van der Waals surface area contributed by atoms with Crippen LogP contribution in [0.25, 0.3) is 10.9 Å². The van der Waals surface area contributed by atoms with E-state index >= 15 is 0 Å². The molecule has 0 aliphatic rings. The fraction of sp³-hybridized carbons (Fsp3) is 0.471. The largest absolute Gasteiger partial charge is 0.361 e. The molecule has 0 saturated heterocycles. The van der Waals surface area contributed by atoms with E-state index in [-0.39, 0.29) is 17.1 Å². The number of aromatic nitrogens is 1. The number of carbonyl (C=O) groups is 1. The Hall–Kier alpha value is -1.84. The van der Waals surface area contributed by atoms with Crippen LogP contribution in [0.1, 0.15) is 45.6 Å². The Morgan fingerprint density at radius 2 is 2.14 bits per heavy atom. The first-order valence-electron chi connectivity index (χ1n) is 7.48. The van der Waals surface area contributed by atoms with Crippen molar-refractivity contribution in [1.82, 2.24) is 10.3 Å². The minimum Gasteiger partial charge on any atom is -0.361 e. The van der Waals surface area contributed by atoms with Crippen molar-refractivity contribution >= 4 is 16.8 Å². The monoisotopic (exact) mass is 290 g/mol. The molecule has 2 rings (SSSR count). The molecule has 0 spiro atoms. The van der Waals surface area contributed by atoms with Gasteiger partial charge in [-0.1, -0.05) is 27.2 Å². The predicted molar refractivity (Wildman–Crippen MR) is 83.8 cm³/mol. The van der Waals surface area contributed by atoms with Gasteiger partial charge < -0.3 is 10.3 Å². The number of H-pyrrole nitrogens is 1. The number of hydrogen-bond donors (Lipinski definition) is 2. The topological polar surface area (TPSA) is 44.9 Å². The molecule has 1 aromatic carbocycles. The highest BCUT2D eigenvalue weighted by atomic mass is 19.1. The van der Waals surface area contributed by atoms with Crippen molar-refractivity contribution < 1.29 is 9.18 Å². The number of hydrogen-bond acceptors (Lipinski definition) is 1. The summed E-state index contributed by atoms with van der Waals surface area (Å²) >= 11 is 0. The Balaban J connectivity index is 2.14. The standard InChI is InChI=1S/C17H23FN2O/c1-4-5-6-16(21)20-11-17(2,3)14-10-19-15-8-7-12(18)9-13(14)15/h7-10,19H,4-6,11H2,1-3H3,(H,20,21). The zero-order valence-corrected chi connectivity index (χ0v) is 12.9. The lowest BCUT2D eigenvalue weighted by Gasteiger charge is -2.25. The van der Waals surface area contributed by atoms with Crippen molar-refractivity contribution in [3.05, 3.63) is 35.8 Å². The number of halogens is 1. The van der Waals surface area contributed by atoms with E-state index in [2.05, 4.69) is 31.1 Å². The maximum absolute atomic E-state index is 13.5. The van der Waals surface area contributed by atoms with Crippen LogP contribution in [0.2, 0.25) is 0 Å². The molecule has 2 N–H and O–H groups in total. The molecule has 0 aliphatic carbocycles. The molecular formula is C17H23FN2O. The summed E-state index contributed by atoms with van der Waals surface area (Å²) in [5, 5.41) is 3.86. The summed E-state index contributed by atoms with van der Waals surface area (Å²) in [5.41, 5.74) is 1.68. The molecular weight excluding hydrogens is 267 g/mol. The van der Waals surface area contributed by atoms with Gasteiger partial charge in [0.25, 0.3) is 0 Å². The quantitative estimate of drug-likeness (QED) is 0.833. The van der Waals surface area contributed by atoms with E-state index in [0.29, 0.717) is 13.0 Å². The van der Waals surface area contributed by atoms with Gasteiger partial charge in [-0.2, -0.15) is 0 Å². The second kappa shape index (κ2) is 6.29. The SMILES string of the molecule is CCCCC(=O)NCC(C)(C)c1c[nH]c2ccc(F)cc12. The number of nitrogens with one attached hydrogen (secondary N) is 2. The number of aromatic amines is 1. The van der Waals surface area contributed by atoms with Gasteiger partial charge in [0.1, 0.15) is 5.82 Å². The summed E-state index contributed by atoms with van der Waals surface area (Å²) in [7, 11) is 0. The molecule has 0 bridgehead atoms. The highest BCUT2D eigenvalue weighted by Crippen LogP contribution is 2.30. The van der Waals surface area contributed by atoms with E-state index in [1.807, 2.05) is 6.20 Å². The van der Waals surface area contributed by atoms with Crippen LogP contribution < -0.4 is 5.32 Å². The van der Waals surface area contributed by atoms with E-state index in [1.165, 1.54) is 6.07 Å². The molecule has 0 atom stereocenters. The van der Waals surface area contributed by atoms with Crippen LogP contribution in [-0.4, -0.2) is 17.4 Å². The van der Waals surface area contributed by atoms with Crippen LogP contribution >= 0.6 is 0 Å². The zero-order chi connectivity index (χ0) is 15.5. The van der Waals surface area contributed by atoms with Gasteiger partial charge in [-0.05, 0) is 30.2 Å². The first-order chi connectivity index (χ1) is 9.94. The Morgan fingerprint density at radius 3 is 2.86 bits per heavy atom. The normalized spacial score (nSPS) is 11.8. The number of rotatable bonds is 6. The second-order valence-corrected chi connectivity index (χ2v) is 6.16. The minimum atomic E-state index is -0.256. The van der Waals surface area contributed by atoms with Crippen LogP contribution in [0.4, 0.5) is 4.39 Å². The summed E-state index contributed by atoms with van der Waals surface area (Å²) in [5.74, 6) is -0.165. The first-order valence-corrected chi connectivity index (χ1v) is 7.48. The fourth-order valence-corrected chi connectivity index (χ4v) is 2.49. The molecule has 2 aromatic rings. The molecule has 114 valence electrons. The minimum absolute atomic E-state index is 0.0796. The van der Waals surface area contributed by atoms with Crippen molar-refractivity contribution in [2.24, 2.45) is 0 Å². The summed E-state index contributed by atoms with van der Waals surface area (Å²) in [4.78, 5) is 14.9. The Labute approximate surface area is 124 Å². The van der Waals surface area contributed by atoms with Crippen molar-refractivity contribution in [1.29, 1.82) is 0 Å². The van der Waals surface area contributed by atoms with Gasteiger partial charge in [-0.25, -0.2) is 4.39 Å². The maximum Gasteiger partial charge on any atom is 0.220 e. The van der Waals surface area contributed by atoms with Gasteiger partial charge in [0.2, 0.25) is 5.91 Å². The summed E-state index contributed by atoms with van der Waals surface area (Å²) in [6.07, 6.45) is 4.39. The Bertz CT molecular complexity index is 631. The molecule has 21 heavy (non-hydrogen) atoms. The maximum atomic E-state index is 13.5. The van der Waals surface area contributed by atoms with E-state index in [9.17, 15) is 9.18 Å². The average Bonchev–Trinajstić information content (AvgIpc) is 2.86. The number of benzene rings is 1. The average molecular weight is 290 g/mol. The molecule has 3 nitrogen and oxygen atoms in total. The van der Waals surface area contributed by atoms with Crippen molar-refractivity contribution in [2.45, 2.75) is 45.4 Å². The van der Waals surface area contributed by atoms with Gasteiger partial charge in [0.05, 0.1) is 0 Å². The van der Waals surface area contributed by atoms with Gasteiger partial charge in [-0.3, -0.25) is 4.79 Å². The van der Waals surface area contributed by atoms with Gasteiger partial charge in [0.15, 0.2) is 0 Å². The van der Waals surface area contributed by atoms with Crippen molar-refractivity contribution in [3.8, 4) is 0 Å². The van der Waals surface area contributed by atoms with Gasteiger partial charge in [0, 0.05) is 35.5 Å². The third-order valence-corrected chi connectivity index (χ3v) is 3.86. The van der Waals surface area contributed by atoms with Gasteiger partial charge in [-0.15, -0.1) is 0 Å². The molecule has 1 amide bonds. The molecule has 4 heteroatoms. The summed E-state index contributed by atoms with van der Waals surface area (Å²) in [6, 6.07) is 4.73. The number of fused-ring (bicyclic) bond motifs is 1. The lowest BCUT2D eigenvalue weighted by molar-refractivity contribution is -0.121. The zero-order valence-electron chi connectivity index (χ0n) is 12.9. The molecule has 0 aliphatic heterocycles. The molecule has 0 saturated carbocycles. The second-order valence-electron chi connectivity index (χ2n) is 6.16. The summed E-state index contributed by atoms with van der Waals surface area (Å²) in [6.45, 7) is 6.72. The van der Waals surface area contributed by atoms with E-state index in [1.54, 1.807) is 12.1 Å². The molecule has 1 heterocycles. The van der Waals surface area contributed by atoms with Crippen molar-refractivity contribution in [2.75, 3.05) is 6.54 Å². The molecule has 1 aromatic heterocycles. The number of carbonyl (C=O) groups excluding carboxylic acids is 1. The van der Waals surface area contributed by atoms with E-state index in [4.69, 9.17) is 0 Å². The Morgan fingerprint density at radius 1 is 1.38 bits per heavy atom. The van der Waals surface area contributed by atoms with Crippen LogP contribution in [0.3, 0.4) is 0 Å². The van der Waals surface area contributed by atoms with Crippen LogP contribution in [-0.2, 0) is 10.2 Å². The third kappa shape index (κ3) is 3.63. The fourth-order valence-electron chi connectivity index (χ4n) is 2.49.